The number of nitrogens with zero attached hydrogens (tertiary/aromatic N) is 5. The molecule has 3 aromatic rings. The first-order valence-corrected chi connectivity index (χ1v) is 10.4. The van der Waals surface area contributed by atoms with Crippen molar-refractivity contribution in [1.82, 2.24) is 19.7 Å². The van der Waals surface area contributed by atoms with Crippen molar-refractivity contribution in [3.8, 4) is 11.3 Å². The first kappa shape index (κ1) is 18.8. The lowest BCUT2D eigenvalue weighted by Gasteiger charge is -2.20. The molecule has 7 nitrogen and oxygen atoms in total. The summed E-state index contributed by atoms with van der Waals surface area (Å²) in [6.07, 6.45) is 8.19. The molecule has 1 spiro atoms. The van der Waals surface area contributed by atoms with Crippen LogP contribution in [0.3, 0.4) is 0 Å². The van der Waals surface area contributed by atoms with E-state index in [0.29, 0.717) is 11.9 Å². The van der Waals surface area contributed by atoms with Crippen molar-refractivity contribution >= 4 is 23.2 Å². The second kappa shape index (κ2) is 6.65. The fourth-order valence-corrected chi connectivity index (χ4v) is 4.27. The summed E-state index contributed by atoms with van der Waals surface area (Å²) in [6, 6.07) is 6.51. The lowest BCUT2D eigenvalue weighted by atomic mass is 10.0. The van der Waals surface area contributed by atoms with E-state index in [9.17, 15) is 4.79 Å². The third-order valence-electron chi connectivity index (χ3n) is 6.02. The predicted molar refractivity (Wildman–Crippen MR) is 117 cm³/mol. The first-order valence-electron chi connectivity index (χ1n) is 10.4. The molecule has 1 aliphatic carbocycles. The van der Waals surface area contributed by atoms with Gasteiger partial charge in [0.1, 0.15) is 11.6 Å². The van der Waals surface area contributed by atoms with E-state index in [2.05, 4.69) is 59.4 Å². The fraction of sp³-hybridized carbons (Fsp3) is 0.391. The molecule has 3 aromatic heterocycles. The van der Waals surface area contributed by atoms with E-state index in [-0.39, 0.29) is 11.3 Å². The number of aromatic nitrogens is 4. The van der Waals surface area contributed by atoms with Gasteiger partial charge in [-0.25, -0.2) is 9.97 Å². The zero-order chi connectivity index (χ0) is 21.0. The number of carbonyl (C=O) groups is 1. The van der Waals surface area contributed by atoms with Crippen molar-refractivity contribution in [1.29, 1.82) is 0 Å². The average Bonchev–Trinajstić information content (AvgIpc) is 3.16. The van der Waals surface area contributed by atoms with Crippen molar-refractivity contribution in [3.63, 3.8) is 0 Å². The quantitative estimate of drug-likeness (QED) is 0.701. The maximum absolute atomic E-state index is 11.5. The molecule has 0 radical (unpaired) electrons. The molecule has 2 aliphatic rings. The minimum Gasteiger partial charge on any atom is -0.325 e. The Morgan fingerprint density at radius 1 is 1.20 bits per heavy atom. The Morgan fingerprint density at radius 2 is 2.00 bits per heavy atom. The van der Waals surface area contributed by atoms with Crippen LogP contribution in [-0.4, -0.2) is 32.2 Å². The van der Waals surface area contributed by atoms with E-state index in [1.54, 1.807) is 0 Å². The highest BCUT2D eigenvalue weighted by Crippen LogP contribution is 2.58. The maximum atomic E-state index is 11.5. The van der Waals surface area contributed by atoms with Gasteiger partial charge >= 0.3 is 0 Å². The molecular weight excluding hydrogens is 376 g/mol. The predicted octanol–water partition coefficient (Wildman–Crippen LogP) is 4.37. The number of carbonyl (C=O) groups excluding carboxylic acids is 1. The molecule has 1 saturated carbocycles. The summed E-state index contributed by atoms with van der Waals surface area (Å²) in [6.45, 7) is 8.72. The number of hydrogen-bond acceptors (Lipinski definition) is 5. The standard InChI is InChI=1S/C23H26N6O/c1-14(2)29-12-17(10-25-29)19-7-15(3)8-22(27-19)28-13-23(5-6-23)18-11-24-21(9-20(18)28)26-16(4)30/h7-12,14H,5-6,13H2,1-4H3,(H,24,26,30). The van der Waals surface area contributed by atoms with Crippen LogP contribution in [0.2, 0.25) is 0 Å². The van der Waals surface area contributed by atoms with Crippen molar-refractivity contribution in [2.45, 2.75) is 52.0 Å². The molecule has 1 N–H and O–H groups in total. The third-order valence-corrected chi connectivity index (χ3v) is 6.02. The highest BCUT2D eigenvalue weighted by atomic mass is 16.1. The van der Waals surface area contributed by atoms with E-state index in [1.165, 1.54) is 12.5 Å². The number of anilines is 3. The van der Waals surface area contributed by atoms with Gasteiger partial charge < -0.3 is 10.2 Å². The molecule has 0 unspecified atom stereocenters. The highest BCUT2D eigenvalue weighted by molar-refractivity contribution is 5.89. The van der Waals surface area contributed by atoms with Gasteiger partial charge in [-0.1, -0.05) is 0 Å². The van der Waals surface area contributed by atoms with Crippen molar-refractivity contribution in [3.05, 3.63) is 47.9 Å². The van der Waals surface area contributed by atoms with Crippen LogP contribution in [-0.2, 0) is 10.2 Å². The topological polar surface area (TPSA) is 75.9 Å². The van der Waals surface area contributed by atoms with Gasteiger partial charge in [0, 0.05) is 54.5 Å². The van der Waals surface area contributed by atoms with Gasteiger partial charge in [0.25, 0.3) is 0 Å². The summed E-state index contributed by atoms with van der Waals surface area (Å²) in [4.78, 5) is 23.3. The Morgan fingerprint density at radius 3 is 2.67 bits per heavy atom. The Bertz CT molecular complexity index is 1140. The van der Waals surface area contributed by atoms with E-state index in [0.717, 1.165) is 47.7 Å². The van der Waals surface area contributed by atoms with Crippen molar-refractivity contribution in [2.24, 2.45) is 0 Å². The Balaban J connectivity index is 1.56. The monoisotopic (exact) mass is 402 g/mol. The maximum Gasteiger partial charge on any atom is 0.222 e. The molecule has 4 heterocycles. The molecule has 7 heteroatoms. The smallest absolute Gasteiger partial charge is 0.222 e. The molecule has 5 rings (SSSR count). The average molecular weight is 403 g/mol. The zero-order valence-electron chi connectivity index (χ0n) is 17.8. The molecule has 0 bridgehead atoms. The molecular formula is C23H26N6O. The number of nitrogens with one attached hydrogen (secondary N) is 1. The number of amides is 1. The number of hydrogen-bond donors (Lipinski definition) is 1. The molecule has 1 fully saturated rings. The van der Waals surface area contributed by atoms with Gasteiger partial charge in [-0.15, -0.1) is 0 Å². The van der Waals surface area contributed by atoms with Crippen LogP contribution in [0, 0.1) is 6.92 Å². The van der Waals surface area contributed by atoms with Gasteiger partial charge in [0.2, 0.25) is 5.91 Å². The summed E-state index contributed by atoms with van der Waals surface area (Å²) < 4.78 is 1.95. The largest absolute Gasteiger partial charge is 0.325 e. The number of aryl methyl sites for hydroxylation is 1. The molecule has 1 aliphatic heterocycles. The Kier molecular flexibility index (Phi) is 4.17. The molecule has 1 amide bonds. The van der Waals surface area contributed by atoms with Crippen LogP contribution in [0.15, 0.2) is 36.8 Å². The summed E-state index contributed by atoms with van der Waals surface area (Å²) in [5, 5.41) is 7.28. The molecule has 0 saturated heterocycles. The van der Waals surface area contributed by atoms with E-state index >= 15 is 0 Å². The van der Waals surface area contributed by atoms with Crippen LogP contribution >= 0.6 is 0 Å². The van der Waals surface area contributed by atoms with Crippen LogP contribution in [0.4, 0.5) is 17.3 Å². The number of pyridine rings is 2. The normalized spacial score (nSPS) is 16.2. The minimum atomic E-state index is -0.119. The zero-order valence-corrected chi connectivity index (χ0v) is 17.8. The molecule has 0 aromatic carbocycles. The summed E-state index contributed by atoms with van der Waals surface area (Å²) in [5.74, 6) is 1.38. The highest BCUT2D eigenvalue weighted by Gasteiger charge is 2.52. The first-order chi connectivity index (χ1) is 14.3. The lowest BCUT2D eigenvalue weighted by molar-refractivity contribution is -0.114. The van der Waals surface area contributed by atoms with Crippen LogP contribution in [0.25, 0.3) is 11.3 Å². The number of rotatable bonds is 4. The van der Waals surface area contributed by atoms with Gasteiger partial charge in [0.15, 0.2) is 0 Å². The lowest BCUT2D eigenvalue weighted by Crippen LogP contribution is -2.20. The molecule has 154 valence electrons. The van der Waals surface area contributed by atoms with E-state index in [4.69, 9.17) is 4.98 Å². The Labute approximate surface area is 176 Å². The van der Waals surface area contributed by atoms with Crippen LogP contribution in [0.5, 0.6) is 0 Å². The second-order valence-corrected chi connectivity index (χ2v) is 8.83. The summed E-state index contributed by atoms with van der Waals surface area (Å²) in [5.41, 5.74) is 5.61. The Hall–Kier alpha value is -3.22. The van der Waals surface area contributed by atoms with E-state index in [1.807, 2.05) is 23.1 Å². The number of fused-ring (bicyclic) bond motifs is 2. The van der Waals surface area contributed by atoms with Crippen molar-refractivity contribution in [2.75, 3.05) is 16.8 Å². The molecule has 30 heavy (non-hydrogen) atoms. The third kappa shape index (κ3) is 3.14. The van der Waals surface area contributed by atoms with Crippen LogP contribution < -0.4 is 10.2 Å². The van der Waals surface area contributed by atoms with Gasteiger partial charge in [0.05, 0.1) is 17.6 Å². The van der Waals surface area contributed by atoms with Gasteiger partial charge in [-0.3, -0.25) is 9.48 Å². The van der Waals surface area contributed by atoms with Crippen molar-refractivity contribution < 1.29 is 4.79 Å². The SMILES string of the molecule is CC(=O)Nc1cc2c(cn1)C1(CC1)CN2c1cc(C)cc(-c2cnn(C(C)C)c2)n1. The molecule has 0 atom stereocenters. The van der Waals surface area contributed by atoms with Crippen LogP contribution in [0.1, 0.15) is 50.8 Å². The van der Waals surface area contributed by atoms with Gasteiger partial charge in [-0.05, 0) is 51.3 Å². The summed E-state index contributed by atoms with van der Waals surface area (Å²) >= 11 is 0. The van der Waals surface area contributed by atoms with Gasteiger partial charge in [-0.2, -0.15) is 5.10 Å². The minimum absolute atomic E-state index is 0.119. The summed E-state index contributed by atoms with van der Waals surface area (Å²) in [7, 11) is 0. The fourth-order valence-electron chi connectivity index (χ4n) is 4.27. The van der Waals surface area contributed by atoms with E-state index < -0.39 is 0 Å². The second-order valence-electron chi connectivity index (χ2n) is 8.83.